The predicted octanol–water partition coefficient (Wildman–Crippen LogP) is 6.53. The monoisotopic (exact) mass is 557 g/mol. The fraction of sp³-hybridized carbons (Fsp3) is 0.533. The second-order valence-electron chi connectivity index (χ2n) is 9.95. The van der Waals surface area contributed by atoms with Gasteiger partial charge in [0.05, 0.1) is 29.6 Å². The number of ether oxygens (including phenoxy) is 4. The number of fused-ring (bicyclic) bond motifs is 1. The molecule has 0 N–H and O–H groups in total. The van der Waals surface area contributed by atoms with Crippen LogP contribution >= 0.6 is 11.6 Å². The third kappa shape index (κ3) is 8.77. The van der Waals surface area contributed by atoms with Crippen molar-refractivity contribution in [2.75, 3.05) is 57.6 Å². The summed E-state index contributed by atoms with van der Waals surface area (Å²) in [6.07, 6.45) is 4.61. The van der Waals surface area contributed by atoms with E-state index in [1.807, 2.05) is 19.1 Å². The van der Waals surface area contributed by atoms with E-state index in [1.165, 1.54) is 0 Å². The molecule has 4 rings (SSSR count). The van der Waals surface area contributed by atoms with E-state index < -0.39 is 6.16 Å². The van der Waals surface area contributed by atoms with E-state index in [0.717, 1.165) is 98.1 Å². The van der Waals surface area contributed by atoms with E-state index in [-0.39, 0.29) is 6.79 Å². The molecule has 2 heterocycles. The lowest BCUT2D eigenvalue weighted by molar-refractivity contribution is -0.00142. The number of unbranched alkanes of at least 4 members (excludes halogenated alkanes) is 2. The highest BCUT2D eigenvalue weighted by Crippen LogP contribution is 2.31. The second-order valence-corrected chi connectivity index (χ2v) is 10.3. The minimum absolute atomic E-state index is 0.204. The summed E-state index contributed by atoms with van der Waals surface area (Å²) in [4.78, 5) is 21.0. The van der Waals surface area contributed by atoms with Crippen molar-refractivity contribution in [2.45, 2.75) is 52.4 Å². The molecule has 2 aliphatic rings. The number of piperazine rings is 1. The van der Waals surface area contributed by atoms with Crippen LogP contribution in [-0.4, -0.2) is 69.7 Å². The Labute approximate surface area is 236 Å². The number of aryl methyl sites for hydroxylation is 2. The molecule has 2 aromatic carbocycles. The maximum absolute atomic E-state index is 11.5. The molecule has 0 radical (unpaired) electrons. The lowest BCUT2D eigenvalue weighted by atomic mass is 10.0. The first-order valence-corrected chi connectivity index (χ1v) is 14.4. The normalized spacial score (nSPS) is 15.4. The Morgan fingerprint density at radius 2 is 1.82 bits per heavy atom. The van der Waals surface area contributed by atoms with Crippen molar-refractivity contribution in [1.29, 1.82) is 0 Å². The van der Waals surface area contributed by atoms with E-state index in [1.54, 1.807) is 0 Å². The molecular formula is C30H40ClN3O5. The molecule has 39 heavy (non-hydrogen) atoms. The maximum atomic E-state index is 11.5. The van der Waals surface area contributed by atoms with Gasteiger partial charge in [-0.1, -0.05) is 43.1 Å². The van der Waals surface area contributed by atoms with Crippen molar-refractivity contribution >= 4 is 35.0 Å². The lowest BCUT2D eigenvalue weighted by Gasteiger charge is -2.36. The van der Waals surface area contributed by atoms with Crippen LogP contribution in [0.4, 0.5) is 16.2 Å². The van der Waals surface area contributed by atoms with Crippen LogP contribution in [-0.2, 0) is 20.6 Å². The Morgan fingerprint density at radius 3 is 2.64 bits per heavy atom. The largest absolute Gasteiger partial charge is 0.511 e. The zero-order valence-corrected chi connectivity index (χ0v) is 23.9. The van der Waals surface area contributed by atoms with E-state index in [0.29, 0.717) is 25.5 Å². The average molecular weight is 558 g/mol. The van der Waals surface area contributed by atoms with Gasteiger partial charge in [-0.2, -0.15) is 0 Å². The number of hydrogen-bond donors (Lipinski definition) is 0. The molecule has 0 unspecified atom stereocenters. The highest BCUT2D eigenvalue weighted by atomic mass is 35.5. The van der Waals surface area contributed by atoms with Gasteiger partial charge in [-0.25, -0.2) is 9.79 Å². The molecule has 9 heteroatoms. The number of aliphatic imine (C=N–C) groups is 1. The van der Waals surface area contributed by atoms with Crippen molar-refractivity contribution in [3.63, 3.8) is 0 Å². The summed E-state index contributed by atoms with van der Waals surface area (Å²) >= 11 is 6.52. The molecule has 0 aliphatic carbocycles. The number of nitrogens with zero attached hydrogens (tertiary/aromatic N) is 3. The minimum atomic E-state index is -0.717. The van der Waals surface area contributed by atoms with Gasteiger partial charge in [-0.15, -0.1) is 0 Å². The summed E-state index contributed by atoms with van der Waals surface area (Å²) < 4.78 is 21.5. The molecule has 1 fully saturated rings. The highest BCUT2D eigenvalue weighted by molar-refractivity contribution is 6.34. The molecule has 2 aromatic rings. The van der Waals surface area contributed by atoms with Crippen LogP contribution in [0.5, 0.6) is 5.75 Å². The summed E-state index contributed by atoms with van der Waals surface area (Å²) in [6.45, 7) is 10.1. The van der Waals surface area contributed by atoms with Gasteiger partial charge in [0.15, 0.2) is 5.90 Å². The van der Waals surface area contributed by atoms with Crippen molar-refractivity contribution in [2.24, 2.45) is 4.99 Å². The molecule has 8 nitrogen and oxygen atoms in total. The van der Waals surface area contributed by atoms with E-state index >= 15 is 0 Å². The molecule has 1 saturated heterocycles. The number of benzene rings is 2. The first kappa shape index (κ1) is 29.0. The SMILES string of the molecule is CCCCOC(=O)OCOC1=Nc2cc(OCCCCN3CCN(c4cccc(C)c4Cl)CC3)ccc2CC1. The van der Waals surface area contributed by atoms with Gasteiger partial charge < -0.3 is 23.8 Å². The molecule has 0 saturated carbocycles. The van der Waals surface area contributed by atoms with Crippen molar-refractivity contribution < 1.29 is 23.7 Å². The quantitative estimate of drug-likeness (QED) is 0.167. The molecule has 0 spiro atoms. The van der Waals surface area contributed by atoms with Crippen LogP contribution in [0, 0.1) is 6.92 Å². The maximum Gasteiger partial charge on any atom is 0.511 e. The first-order chi connectivity index (χ1) is 19.0. The van der Waals surface area contributed by atoms with Crippen molar-refractivity contribution in [3.8, 4) is 5.75 Å². The Balaban J connectivity index is 1.13. The zero-order chi connectivity index (χ0) is 27.5. The van der Waals surface area contributed by atoms with Gasteiger partial charge >= 0.3 is 6.16 Å². The topological polar surface area (TPSA) is 72.8 Å². The van der Waals surface area contributed by atoms with Crippen molar-refractivity contribution in [1.82, 2.24) is 4.90 Å². The first-order valence-electron chi connectivity index (χ1n) is 14.0. The average Bonchev–Trinajstić information content (AvgIpc) is 2.95. The van der Waals surface area contributed by atoms with Crippen LogP contribution in [0.25, 0.3) is 0 Å². The van der Waals surface area contributed by atoms with Crippen LogP contribution in [0.1, 0.15) is 50.2 Å². The van der Waals surface area contributed by atoms with Gasteiger partial charge in [0.25, 0.3) is 0 Å². The summed E-state index contributed by atoms with van der Waals surface area (Å²) in [5.74, 6) is 1.35. The van der Waals surface area contributed by atoms with Gasteiger partial charge in [0, 0.05) is 38.7 Å². The highest BCUT2D eigenvalue weighted by Gasteiger charge is 2.19. The molecule has 0 aromatic heterocycles. The van der Waals surface area contributed by atoms with Gasteiger partial charge in [0.2, 0.25) is 6.79 Å². The third-order valence-electron chi connectivity index (χ3n) is 7.05. The van der Waals surface area contributed by atoms with E-state index in [2.05, 4.69) is 46.0 Å². The number of carbonyl (C=O) groups is 1. The standard InChI is InChI=1S/C30H40ClN3O5/c1-3-4-19-37-30(35)39-22-38-28-13-11-24-10-12-25(21-26(24)32-28)36-20-6-5-14-33-15-17-34(18-16-33)27-9-7-8-23(2)29(27)31/h7-10,12,21H,3-6,11,13-20,22H2,1-2H3. The summed E-state index contributed by atoms with van der Waals surface area (Å²) in [5, 5.41) is 0.869. The van der Waals surface area contributed by atoms with Gasteiger partial charge in [-0.05, 0) is 62.4 Å². The number of rotatable bonds is 12. The number of carbonyl (C=O) groups excluding carboxylic acids is 1. The van der Waals surface area contributed by atoms with Crippen LogP contribution in [0.15, 0.2) is 41.4 Å². The minimum Gasteiger partial charge on any atom is -0.494 e. The summed E-state index contributed by atoms with van der Waals surface area (Å²) in [6, 6.07) is 12.3. The fourth-order valence-electron chi connectivity index (χ4n) is 4.69. The van der Waals surface area contributed by atoms with Crippen LogP contribution in [0.2, 0.25) is 5.02 Å². The van der Waals surface area contributed by atoms with Gasteiger partial charge in [-0.3, -0.25) is 4.90 Å². The Morgan fingerprint density at radius 1 is 0.974 bits per heavy atom. The number of halogens is 1. The molecule has 0 bridgehead atoms. The summed E-state index contributed by atoms with van der Waals surface area (Å²) in [7, 11) is 0. The molecule has 0 amide bonds. The number of hydrogen-bond acceptors (Lipinski definition) is 8. The van der Waals surface area contributed by atoms with E-state index in [4.69, 9.17) is 30.5 Å². The third-order valence-corrected chi connectivity index (χ3v) is 7.54. The Bertz CT molecular complexity index is 1120. The van der Waals surface area contributed by atoms with Crippen LogP contribution < -0.4 is 9.64 Å². The van der Waals surface area contributed by atoms with Gasteiger partial charge in [0.1, 0.15) is 5.75 Å². The lowest BCUT2D eigenvalue weighted by Crippen LogP contribution is -2.46. The molecule has 2 aliphatic heterocycles. The van der Waals surface area contributed by atoms with Crippen molar-refractivity contribution in [3.05, 3.63) is 52.5 Å². The molecular weight excluding hydrogens is 518 g/mol. The van der Waals surface area contributed by atoms with Crippen LogP contribution in [0.3, 0.4) is 0 Å². The summed E-state index contributed by atoms with van der Waals surface area (Å²) in [5.41, 5.74) is 4.27. The fourth-order valence-corrected chi connectivity index (χ4v) is 4.93. The molecule has 0 atom stereocenters. The zero-order valence-electron chi connectivity index (χ0n) is 23.1. The number of anilines is 1. The predicted molar refractivity (Wildman–Crippen MR) is 155 cm³/mol. The van der Waals surface area contributed by atoms with E-state index in [9.17, 15) is 4.79 Å². The molecule has 212 valence electrons. The second kappa shape index (κ2) is 15.0. The smallest absolute Gasteiger partial charge is 0.494 e. The Hall–Kier alpha value is -2.97. The Kier molecular flexibility index (Phi) is 11.2.